The van der Waals surface area contributed by atoms with Crippen molar-refractivity contribution in [2.45, 2.75) is 19.6 Å². The Morgan fingerprint density at radius 3 is 2.50 bits per heavy atom. The molecule has 0 saturated heterocycles. The van der Waals surface area contributed by atoms with Crippen molar-refractivity contribution in [3.8, 4) is 0 Å². The third kappa shape index (κ3) is 4.80. The van der Waals surface area contributed by atoms with Gasteiger partial charge in [-0.15, -0.1) is 0 Å². The summed E-state index contributed by atoms with van der Waals surface area (Å²) in [7, 11) is 3.53. The first-order chi connectivity index (χ1) is 12.6. The monoisotopic (exact) mass is 348 g/mol. The Labute approximate surface area is 154 Å². The van der Waals surface area contributed by atoms with E-state index in [1.165, 1.54) is 5.56 Å². The van der Waals surface area contributed by atoms with Gasteiger partial charge in [-0.05, 0) is 23.3 Å². The molecule has 1 heterocycles. The van der Waals surface area contributed by atoms with Crippen molar-refractivity contribution >= 4 is 5.91 Å². The average molecular weight is 348 g/mol. The summed E-state index contributed by atoms with van der Waals surface area (Å²) in [6.07, 6.45) is 3.95. The molecule has 2 aromatic carbocycles. The molecule has 26 heavy (non-hydrogen) atoms. The smallest absolute Gasteiger partial charge is 0.253 e. The number of nitrogens with one attached hydrogen (secondary N) is 1. The highest BCUT2D eigenvalue weighted by atomic mass is 16.2. The highest BCUT2D eigenvalue weighted by Gasteiger charge is 2.08. The van der Waals surface area contributed by atoms with E-state index in [0.717, 1.165) is 24.2 Å². The molecule has 0 radical (unpaired) electrons. The van der Waals surface area contributed by atoms with Gasteiger partial charge in [-0.3, -0.25) is 9.48 Å². The lowest BCUT2D eigenvalue weighted by Crippen LogP contribution is -2.22. The van der Waals surface area contributed by atoms with Crippen molar-refractivity contribution in [3.05, 3.63) is 89.2 Å². The van der Waals surface area contributed by atoms with E-state index in [0.29, 0.717) is 12.1 Å². The van der Waals surface area contributed by atoms with Crippen LogP contribution in [0, 0.1) is 0 Å². The van der Waals surface area contributed by atoms with Crippen LogP contribution < -0.4 is 5.32 Å². The molecule has 5 heteroatoms. The number of carbonyl (C=O) groups is 1. The second kappa shape index (κ2) is 8.45. The largest absolute Gasteiger partial charge is 0.345 e. The molecular formula is C21H24N4O. The summed E-state index contributed by atoms with van der Waals surface area (Å²) in [4.78, 5) is 13.6. The van der Waals surface area contributed by atoms with Gasteiger partial charge in [-0.2, -0.15) is 5.10 Å². The van der Waals surface area contributed by atoms with Gasteiger partial charge in [0.1, 0.15) is 0 Å². The van der Waals surface area contributed by atoms with Gasteiger partial charge in [0.25, 0.3) is 5.91 Å². The number of hydrogen-bond acceptors (Lipinski definition) is 3. The van der Waals surface area contributed by atoms with Gasteiger partial charge < -0.3 is 10.2 Å². The molecular weight excluding hydrogens is 324 g/mol. The summed E-state index contributed by atoms with van der Waals surface area (Å²) in [6.45, 7) is 2.22. The molecule has 3 aromatic rings. The third-order valence-electron chi connectivity index (χ3n) is 4.11. The van der Waals surface area contributed by atoms with E-state index in [2.05, 4.69) is 28.7 Å². The minimum atomic E-state index is 0.0223. The average Bonchev–Trinajstić information content (AvgIpc) is 3.09. The molecule has 0 fully saturated rings. The zero-order chi connectivity index (χ0) is 18.4. The molecule has 5 nitrogen and oxygen atoms in total. The van der Waals surface area contributed by atoms with Crippen LogP contribution in [0.4, 0.5) is 0 Å². The van der Waals surface area contributed by atoms with Gasteiger partial charge >= 0.3 is 0 Å². The Hall–Kier alpha value is -2.92. The van der Waals surface area contributed by atoms with Gasteiger partial charge in [-0.25, -0.2) is 0 Å². The van der Waals surface area contributed by atoms with E-state index in [9.17, 15) is 4.79 Å². The van der Waals surface area contributed by atoms with E-state index in [4.69, 9.17) is 0 Å². The van der Waals surface area contributed by atoms with Gasteiger partial charge in [0.05, 0.1) is 12.7 Å². The maximum atomic E-state index is 12.0. The van der Waals surface area contributed by atoms with Crippen LogP contribution in [0.1, 0.15) is 27.0 Å². The quantitative estimate of drug-likeness (QED) is 0.714. The van der Waals surface area contributed by atoms with E-state index in [1.807, 2.05) is 53.3 Å². The van der Waals surface area contributed by atoms with Crippen LogP contribution in [0.2, 0.25) is 0 Å². The SMILES string of the molecule is CN(C)C(=O)c1cccc(CNCc2cnn(Cc3ccccc3)c2)c1. The highest BCUT2D eigenvalue weighted by molar-refractivity contribution is 5.94. The van der Waals surface area contributed by atoms with Crippen LogP contribution in [0.15, 0.2) is 67.0 Å². The number of carbonyl (C=O) groups excluding carboxylic acids is 1. The summed E-state index contributed by atoms with van der Waals surface area (Å²) >= 11 is 0. The van der Waals surface area contributed by atoms with E-state index < -0.39 is 0 Å². The van der Waals surface area contributed by atoms with Crippen molar-refractivity contribution < 1.29 is 4.79 Å². The Balaban J connectivity index is 1.52. The molecule has 0 atom stereocenters. The molecule has 0 bridgehead atoms. The molecule has 0 saturated carbocycles. The predicted octanol–water partition coefficient (Wildman–Crippen LogP) is 2.92. The van der Waals surface area contributed by atoms with Crippen molar-refractivity contribution in [2.24, 2.45) is 0 Å². The molecule has 0 aliphatic carbocycles. The van der Waals surface area contributed by atoms with Gasteiger partial charge in [0, 0.05) is 44.5 Å². The van der Waals surface area contributed by atoms with Crippen molar-refractivity contribution in [1.82, 2.24) is 20.0 Å². The van der Waals surface area contributed by atoms with Crippen molar-refractivity contribution in [1.29, 1.82) is 0 Å². The van der Waals surface area contributed by atoms with E-state index in [1.54, 1.807) is 19.0 Å². The van der Waals surface area contributed by atoms with Gasteiger partial charge in [0.2, 0.25) is 0 Å². The van der Waals surface area contributed by atoms with Crippen molar-refractivity contribution in [2.75, 3.05) is 14.1 Å². The molecule has 0 spiro atoms. The summed E-state index contributed by atoms with van der Waals surface area (Å²) in [5, 5.41) is 7.83. The van der Waals surface area contributed by atoms with Crippen LogP contribution in [0.25, 0.3) is 0 Å². The highest BCUT2D eigenvalue weighted by Crippen LogP contribution is 2.08. The number of nitrogens with zero attached hydrogens (tertiary/aromatic N) is 3. The first-order valence-corrected chi connectivity index (χ1v) is 8.68. The van der Waals surface area contributed by atoms with Crippen LogP contribution in [-0.2, 0) is 19.6 Å². The number of amides is 1. The minimum absolute atomic E-state index is 0.0223. The second-order valence-corrected chi connectivity index (χ2v) is 6.54. The summed E-state index contributed by atoms with van der Waals surface area (Å²) in [5.41, 5.74) is 4.18. The van der Waals surface area contributed by atoms with E-state index >= 15 is 0 Å². The Bertz CT molecular complexity index is 855. The molecule has 134 valence electrons. The van der Waals surface area contributed by atoms with E-state index in [-0.39, 0.29) is 5.91 Å². The summed E-state index contributed by atoms with van der Waals surface area (Å²) < 4.78 is 1.95. The zero-order valence-corrected chi connectivity index (χ0v) is 15.2. The number of rotatable bonds is 7. The normalized spacial score (nSPS) is 10.7. The maximum Gasteiger partial charge on any atom is 0.253 e. The van der Waals surface area contributed by atoms with Crippen LogP contribution in [0.3, 0.4) is 0 Å². The summed E-state index contributed by atoms with van der Waals surface area (Å²) in [6, 6.07) is 18.0. The molecule has 0 aliphatic rings. The standard InChI is InChI=1S/C21H24N4O/c1-24(2)21(26)20-10-6-9-18(11-20)12-22-13-19-14-23-25(16-19)15-17-7-4-3-5-8-17/h3-11,14,16,22H,12-13,15H2,1-2H3. The first kappa shape index (κ1) is 17.9. The van der Waals surface area contributed by atoms with Crippen LogP contribution in [-0.4, -0.2) is 34.7 Å². The molecule has 3 rings (SSSR count). The minimum Gasteiger partial charge on any atom is -0.345 e. The maximum absolute atomic E-state index is 12.0. The fraction of sp³-hybridized carbons (Fsp3) is 0.238. The molecule has 1 amide bonds. The van der Waals surface area contributed by atoms with Gasteiger partial charge in [-0.1, -0.05) is 42.5 Å². The number of hydrogen-bond donors (Lipinski definition) is 1. The lowest BCUT2D eigenvalue weighted by Gasteiger charge is -2.11. The zero-order valence-electron chi connectivity index (χ0n) is 15.2. The van der Waals surface area contributed by atoms with Gasteiger partial charge in [0.15, 0.2) is 0 Å². The number of benzene rings is 2. The molecule has 0 unspecified atom stereocenters. The Morgan fingerprint density at radius 1 is 1.00 bits per heavy atom. The predicted molar refractivity (Wildman–Crippen MR) is 103 cm³/mol. The van der Waals surface area contributed by atoms with Crippen LogP contribution >= 0.6 is 0 Å². The third-order valence-corrected chi connectivity index (χ3v) is 4.11. The fourth-order valence-electron chi connectivity index (χ4n) is 2.78. The summed E-state index contributed by atoms with van der Waals surface area (Å²) in [5.74, 6) is 0.0223. The fourth-order valence-corrected chi connectivity index (χ4v) is 2.78. The lowest BCUT2D eigenvalue weighted by atomic mass is 10.1. The molecule has 1 N–H and O–H groups in total. The molecule has 1 aromatic heterocycles. The Kier molecular flexibility index (Phi) is 5.81. The van der Waals surface area contributed by atoms with Crippen LogP contribution in [0.5, 0.6) is 0 Å². The Morgan fingerprint density at radius 2 is 1.73 bits per heavy atom. The first-order valence-electron chi connectivity index (χ1n) is 8.68. The lowest BCUT2D eigenvalue weighted by molar-refractivity contribution is 0.0827. The topological polar surface area (TPSA) is 50.2 Å². The number of aromatic nitrogens is 2. The second-order valence-electron chi connectivity index (χ2n) is 6.54. The molecule has 0 aliphatic heterocycles. The van der Waals surface area contributed by atoms with Crippen molar-refractivity contribution in [3.63, 3.8) is 0 Å².